The van der Waals surface area contributed by atoms with Gasteiger partial charge in [-0.3, -0.25) is 5.41 Å². The second kappa shape index (κ2) is 7.09. The van der Waals surface area contributed by atoms with Crippen molar-refractivity contribution in [3.05, 3.63) is 29.8 Å². The van der Waals surface area contributed by atoms with E-state index in [4.69, 9.17) is 16.2 Å². The van der Waals surface area contributed by atoms with Crippen LogP contribution in [0.25, 0.3) is 0 Å². The molecular formula is C10H16ClN3O. The predicted molar refractivity (Wildman–Crippen MR) is 64.9 cm³/mol. The summed E-state index contributed by atoms with van der Waals surface area (Å²) in [5, 5.41) is 18.9. The Morgan fingerprint density at radius 3 is 2.40 bits per heavy atom. The number of aliphatic hydroxyl groups excluding tert-OH is 1. The number of rotatable bonds is 5. The molecular weight excluding hydrogens is 214 g/mol. The van der Waals surface area contributed by atoms with Crippen molar-refractivity contribution in [3.8, 4) is 0 Å². The summed E-state index contributed by atoms with van der Waals surface area (Å²) in [6.07, 6.45) is 0.731. The number of nitrogens with one attached hydrogen (secondary N) is 2. The highest BCUT2D eigenvalue weighted by Gasteiger charge is 1.95. The third-order valence-electron chi connectivity index (χ3n) is 1.86. The standard InChI is InChI=1S/C10H15N3O.ClH/c11-10(12)8-2-4-9(5-3-8)13-6-1-7-14;/h2-5,13-14H,1,6-7H2,(H3,11,12);1H. The van der Waals surface area contributed by atoms with Crippen LogP contribution in [0.3, 0.4) is 0 Å². The molecule has 5 N–H and O–H groups in total. The van der Waals surface area contributed by atoms with Gasteiger partial charge in [0, 0.05) is 24.4 Å². The molecule has 0 amide bonds. The predicted octanol–water partition coefficient (Wildman–Crippen LogP) is 1.19. The van der Waals surface area contributed by atoms with Gasteiger partial charge in [-0.05, 0) is 30.7 Å². The molecule has 15 heavy (non-hydrogen) atoms. The summed E-state index contributed by atoms with van der Waals surface area (Å²) in [7, 11) is 0. The zero-order valence-corrected chi connectivity index (χ0v) is 9.18. The minimum Gasteiger partial charge on any atom is -0.396 e. The Balaban J connectivity index is 0.00000196. The van der Waals surface area contributed by atoms with Crippen LogP contribution >= 0.6 is 12.4 Å². The number of anilines is 1. The van der Waals surface area contributed by atoms with Crippen molar-refractivity contribution in [2.24, 2.45) is 5.73 Å². The van der Waals surface area contributed by atoms with Crippen molar-refractivity contribution in [3.63, 3.8) is 0 Å². The van der Waals surface area contributed by atoms with Crippen LogP contribution in [0.4, 0.5) is 5.69 Å². The van der Waals surface area contributed by atoms with Crippen LogP contribution < -0.4 is 11.1 Å². The molecule has 84 valence electrons. The SMILES string of the molecule is Cl.N=C(N)c1ccc(NCCCO)cc1. The van der Waals surface area contributed by atoms with E-state index in [0.29, 0.717) is 0 Å². The van der Waals surface area contributed by atoms with Gasteiger partial charge >= 0.3 is 0 Å². The highest BCUT2D eigenvalue weighted by Crippen LogP contribution is 2.08. The zero-order chi connectivity index (χ0) is 10.4. The van der Waals surface area contributed by atoms with Crippen LogP contribution in [0.15, 0.2) is 24.3 Å². The third-order valence-corrected chi connectivity index (χ3v) is 1.86. The van der Waals surface area contributed by atoms with E-state index in [1.165, 1.54) is 0 Å². The molecule has 0 radical (unpaired) electrons. The van der Waals surface area contributed by atoms with Gasteiger partial charge in [0.1, 0.15) is 5.84 Å². The van der Waals surface area contributed by atoms with E-state index >= 15 is 0 Å². The maximum atomic E-state index is 8.58. The molecule has 0 aliphatic heterocycles. The maximum absolute atomic E-state index is 8.58. The summed E-state index contributed by atoms with van der Waals surface area (Å²) < 4.78 is 0. The van der Waals surface area contributed by atoms with Crippen LogP contribution in [0, 0.1) is 5.41 Å². The fourth-order valence-electron chi connectivity index (χ4n) is 1.08. The lowest BCUT2D eigenvalue weighted by molar-refractivity contribution is 0.292. The number of benzene rings is 1. The van der Waals surface area contributed by atoms with Gasteiger partial charge in [-0.1, -0.05) is 0 Å². The zero-order valence-electron chi connectivity index (χ0n) is 8.36. The Labute approximate surface area is 95.4 Å². The molecule has 0 aromatic heterocycles. The summed E-state index contributed by atoms with van der Waals surface area (Å²) in [5.74, 6) is 0.0758. The minimum absolute atomic E-state index is 0. The number of hydrogen-bond donors (Lipinski definition) is 4. The van der Waals surface area contributed by atoms with Gasteiger partial charge in [0.05, 0.1) is 0 Å². The van der Waals surface area contributed by atoms with E-state index in [0.717, 1.165) is 24.2 Å². The van der Waals surface area contributed by atoms with E-state index in [-0.39, 0.29) is 24.8 Å². The summed E-state index contributed by atoms with van der Waals surface area (Å²) in [6, 6.07) is 7.33. The Morgan fingerprint density at radius 2 is 1.93 bits per heavy atom. The Kier molecular flexibility index (Phi) is 6.49. The first kappa shape index (κ1) is 13.7. The lowest BCUT2D eigenvalue weighted by atomic mass is 10.2. The first-order valence-electron chi connectivity index (χ1n) is 4.53. The first-order valence-corrected chi connectivity index (χ1v) is 4.53. The van der Waals surface area contributed by atoms with Crippen molar-refractivity contribution < 1.29 is 5.11 Å². The van der Waals surface area contributed by atoms with Crippen molar-refractivity contribution in [1.82, 2.24) is 0 Å². The fourth-order valence-corrected chi connectivity index (χ4v) is 1.08. The Hall–Kier alpha value is -1.26. The smallest absolute Gasteiger partial charge is 0.122 e. The molecule has 0 aliphatic carbocycles. The van der Waals surface area contributed by atoms with Crippen LogP contribution in [0.5, 0.6) is 0 Å². The molecule has 5 heteroatoms. The molecule has 1 rings (SSSR count). The summed E-state index contributed by atoms with van der Waals surface area (Å²) in [5.41, 5.74) is 7.01. The number of nitrogens with two attached hydrogens (primary N) is 1. The number of nitrogen functional groups attached to an aromatic ring is 1. The summed E-state index contributed by atoms with van der Waals surface area (Å²) in [4.78, 5) is 0. The molecule has 0 atom stereocenters. The molecule has 0 saturated carbocycles. The largest absolute Gasteiger partial charge is 0.396 e. The van der Waals surface area contributed by atoms with Crippen molar-refractivity contribution in [1.29, 1.82) is 5.41 Å². The normalized spacial score (nSPS) is 9.13. The van der Waals surface area contributed by atoms with E-state index < -0.39 is 0 Å². The van der Waals surface area contributed by atoms with Gasteiger partial charge in [0.2, 0.25) is 0 Å². The Morgan fingerprint density at radius 1 is 1.33 bits per heavy atom. The Bertz CT molecular complexity index is 300. The lowest BCUT2D eigenvalue weighted by Crippen LogP contribution is -2.11. The van der Waals surface area contributed by atoms with E-state index in [1.807, 2.05) is 12.1 Å². The van der Waals surface area contributed by atoms with Crippen LogP contribution in [-0.2, 0) is 0 Å². The highest BCUT2D eigenvalue weighted by molar-refractivity contribution is 5.95. The molecule has 0 spiro atoms. The lowest BCUT2D eigenvalue weighted by Gasteiger charge is -2.05. The third kappa shape index (κ3) is 4.67. The molecule has 4 nitrogen and oxygen atoms in total. The molecule has 0 bridgehead atoms. The van der Waals surface area contributed by atoms with Crippen molar-refractivity contribution >= 4 is 23.9 Å². The van der Waals surface area contributed by atoms with Crippen molar-refractivity contribution in [2.75, 3.05) is 18.5 Å². The van der Waals surface area contributed by atoms with Crippen LogP contribution in [-0.4, -0.2) is 24.1 Å². The quantitative estimate of drug-likeness (QED) is 0.348. The van der Waals surface area contributed by atoms with Gasteiger partial charge in [-0.15, -0.1) is 12.4 Å². The molecule has 0 fully saturated rings. The van der Waals surface area contributed by atoms with Crippen molar-refractivity contribution in [2.45, 2.75) is 6.42 Å². The first-order chi connectivity index (χ1) is 6.74. The van der Waals surface area contributed by atoms with Gasteiger partial charge in [0.25, 0.3) is 0 Å². The number of aliphatic hydroxyl groups is 1. The molecule has 0 heterocycles. The van der Waals surface area contributed by atoms with Crippen LogP contribution in [0.1, 0.15) is 12.0 Å². The summed E-state index contributed by atoms with van der Waals surface area (Å²) in [6.45, 7) is 0.939. The highest BCUT2D eigenvalue weighted by atomic mass is 35.5. The number of halogens is 1. The van der Waals surface area contributed by atoms with E-state index in [2.05, 4.69) is 5.32 Å². The molecule has 0 aliphatic rings. The molecule has 1 aromatic carbocycles. The number of amidine groups is 1. The molecule has 0 unspecified atom stereocenters. The van der Waals surface area contributed by atoms with Gasteiger partial charge in [0.15, 0.2) is 0 Å². The second-order valence-electron chi connectivity index (χ2n) is 2.99. The second-order valence-corrected chi connectivity index (χ2v) is 2.99. The average Bonchev–Trinajstić information content (AvgIpc) is 2.19. The van der Waals surface area contributed by atoms with Gasteiger partial charge < -0.3 is 16.2 Å². The fraction of sp³-hybridized carbons (Fsp3) is 0.300. The summed E-state index contributed by atoms with van der Waals surface area (Å²) >= 11 is 0. The minimum atomic E-state index is 0. The maximum Gasteiger partial charge on any atom is 0.122 e. The van der Waals surface area contributed by atoms with Crippen LogP contribution in [0.2, 0.25) is 0 Å². The molecule has 0 saturated heterocycles. The van der Waals surface area contributed by atoms with Gasteiger partial charge in [-0.2, -0.15) is 0 Å². The van der Waals surface area contributed by atoms with E-state index in [1.54, 1.807) is 12.1 Å². The topological polar surface area (TPSA) is 82.1 Å². The van der Waals surface area contributed by atoms with E-state index in [9.17, 15) is 0 Å². The number of hydrogen-bond acceptors (Lipinski definition) is 3. The molecule has 1 aromatic rings. The van der Waals surface area contributed by atoms with Gasteiger partial charge in [-0.25, -0.2) is 0 Å². The average molecular weight is 230 g/mol. The monoisotopic (exact) mass is 229 g/mol.